The smallest absolute Gasteiger partial charge is 0.442 e. The van der Waals surface area contributed by atoms with Crippen LogP contribution in [-0.2, 0) is 0 Å². The summed E-state index contributed by atoms with van der Waals surface area (Å²) in [6, 6.07) is 5.81. The summed E-state index contributed by atoms with van der Waals surface area (Å²) in [4.78, 5) is 12.3. The number of nitrogens with zero attached hydrogens (tertiary/aromatic N) is 1. The number of benzene rings is 1. The number of nitrogens with one attached hydrogen (secondary N) is 1. The first-order valence-corrected chi connectivity index (χ1v) is 5.93. The van der Waals surface area contributed by atoms with Crippen LogP contribution in [0.3, 0.4) is 0 Å². The van der Waals surface area contributed by atoms with E-state index in [2.05, 4.69) is 5.43 Å². The SMILES string of the molecule is COc1ccccc1C(=O)N1NC(C)=CC1(O)C(F)(F)F. The van der Waals surface area contributed by atoms with Crippen LogP contribution in [0.5, 0.6) is 5.75 Å². The molecule has 0 aromatic heterocycles. The van der Waals surface area contributed by atoms with Crippen LogP contribution in [0.4, 0.5) is 13.2 Å². The number of carbonyl (C=O) groups excluding carboxylic acids is 1. The van der Waals surface area contributed by atoms with E-state index in [0.29, 0.717) is 6.08 Å². The molecule has 0 saturated heterocycles. The quantitative estimate of drug-likeness (QED) is 0.874. The van der Waals surface area contributed by atoms with E-state index in [0.717, 1.165) is 0 Å². The summed E-state index contributed by atoms with van der Waals surface area (Å²) >= 11 is 0. The summed E-state index contributed by atoms with van der Waals surface area (Å²) in [5, 5.41) is 9.99. The van der Waals surface area contributed by atoms with Gasteiger partial charge in [-0.05, 0) is 25.1 Å². The Hall–Kier alpha value is -2.22. The van der Waals surface area contributed by atoms with Gasteiger partial charge in [0.15, 0.2) is 0 Å². The third kappa shape index (κ3) is 2.42. The average Bonchev–Trinajstić information content (AvgIpc) is 2.74. The van der Waals surface area contributed by atoms with Crippen LogP contribution >= 0.6 is 0 Å². The molecule has 5 nitrogen and oxygen atoms in total. The first kappa shape index (κ1) is 15.2. The van der Waals surface area contributed by atoms with Crippen molar-refractivity contribution in [2.75, 3.05) is 7.11 Å². The van der Waals surface area contributed by atoms with Crippen molar-refractivity contribution in [1.82, 2.24) is 10.4 Å². The zero-order valence-corrected chi connectivity index (χ0v) is 11.2. The molecular weight excluding hydrogens is 289 g/mol. The van der Waals surface area contributed by atoms with E-state index in [1.54, 1.807) is 6.07 Å². The molecule has 2 rings (SSSR count). The van der Waals surface area contributed by atoms with Crippen LogP contribution in [0.2, 0.25) is 0 Å². The van der Waals surface area contributed by atoms with Gasteiger partial charge in [0.25, 0.3) is 11.6 Å². The lowest BCUT2D eigenvalue weighted by atomic mass is 10.1. The van der Waals surface area contributed by atoms with Gasteiger partial charge in [0.2, 0.25) is 0 Å². The maximum Gasteiger partial charge on any atom is 0.442 e. The fourth-order valence-corrected chi connectivity index (χ4v) is 2.02. The number of carbonyl (C=O) groups is 1. The average molecular weight is 302 g/mol. The summed E-state index contributed by atoms with van der Waals surface area (Å²) < 4.78 is 44.2. The highest BCUT2D eigenvalue weighted by Gasteiger charge is 2.61. The van der Waals surface area contributed by atoms with E-state index in [-0.39, 0.29) is 22.0 Å². The van der Waals surface area contributed by atoms with Gasteiger partial charge in [0.1, 0.15) is 5.75 Å². The molecule has 0 spiro atoms. The summed E-state index contributed by atoms with van der Waals surface area (Å²) in [6.07, 6.45) is -4.50. The molecule has 1 amide bonds. The van der Waals surface area contributed by atoms with Crippen LogP contribution in [0.1, 0.15) is 17.3 Å². The Morgan fingerprint density at radius 1 is 1.38 bits per heavy atom. The number of para-hydroxylation sites is 1. The Kier molecular flexibility index (Phi) is 3.58. The van der Waals surface area contributed by atoms with Crippen molar-refractivity contribution < 1.29 is 27.8 Å². The molecule has 1 aromatic rings. The number of aliphatic hydroxyl groups is 1. The van der Waals surface area contributed by atoms with E-state index >= 15 is 0 Å². The fraction of sp³-hybridized carbons (Fsp3) is 0.308. The van der Waals surface area contributed by atoms with Crippen molar-refractivity contribution in [2.45, 2.75) is 18.8 Å². The molecule has 2 N–H and O–H groups in total. The van der Waals surface area contributed by atoms with Gasteiger partial charge in [0, 0.05) is 5.70 Å². The normalized spacial score (nSPS) is 21.8. The molecule has 1 unspecified atom stereocenters. The van der Waals surface area contributed by atoms with Gasteiger partial charge in [-0.15, -0.1) is 0 Å². The van der Waals surface area contributed by atoms with E-state index in [1.165, 1.54) is 32.2 Å². The zero-order chi connectivity index (χ0) is 15.8. The Balaban J connectivity index is 2.44. The molecule has 0 saturated carbocycles. The second-order valence-electron chi connectivity index (χ2n) is 4.50. The maximum absolute atomic E-state index is 13.1. The predicted octanol–water partition coefficient (Wildman–Crippen LogP) is 1.81. The third-order valence-electron chi connectivity index (χ3n) is 3.00. The second-order valence-corrected chi connectivity index (χ2v) is 4.50. The van der Waals surface area contributed by atoms with E-state index < -0.39 is 17.8 Å². The van der Waals surface area contributed by atoms with Gasteiger partial charge in [-0.2, -0.15) is 13.2 Å². The van der Waals surface area contributed by atoms with E-state index in [1.807, 2.05) is 0 Å². The number of hydrazine groups is 1. The molecule has 1 aromatic carbocycles. The monoisotopic (exact) mass is 302 g/mol. The Morgan fingerprint density at radius 2 is 2.00 bits per heavy atom. The Labute approximate surface area is 118 Å². The number of halogens is 3. The van der Waals surface area contributed by atoms with Gasteiger partial charge >= 0.3 is 6.18 Å². The largest absolute Gasteiger partial charge is 0.496 e. The fourth-order valence-electron chi connectivity index (χ4n) is 2.02. The number of rotatable bonds is 2. The number of ether oxygens (including phenoxy) is 1. The first-order valence-electron chi connectivity index (χ1n) is 5.93. The van der Waals surface area contributed by atoms with Gasteiger partial charge in [-0.3, -0.25) is 10.2 Å². The minimum Gasteiger partial charge on any atom is -0.496 e. The van der Waals surface area contributed by atoms with Gasteiger partial charge in [0.05, 0.1) is 12.7 Å². The first-order chi connectivity index (χ1) is 9.70. The Morgan fingerprint density at radius 3 is 2.57 bits per heavy atom. The standard InChI is InChI=1S/C13H13F3N2O3/c1-8-7-12(20,13(14,15)16)18(17-8)11(19)9-5-3-4-6-10(9)21-2/h3-7,17,20H,1-2H3. The Bertz CT molecular complexity index is 601. The van der Waals surface area contributed by atoms with Crippen LogP contribution in [0.25, 0.3) is 0 Å². The van der Waals surface area contributed by atoms with Gasteiger partial charge in [-0.1, -0.05) is 12.1 Å². The second kappa shape index (κ2) is 4.96. The molecule has 0 fully saturated rings. The molecular formula is C13H13F3N2O3. The highest BCUT2D eigenvalue weighted by atomic mass is 19.4. The van der Waals surface area contributed by atoms with E-state index in [4.69, 9.17) is 4.74 Å². The topological polar surface area (TPSA) is 61.8 Å². The van der Waals surface area contributed by atoms with Gasteiger partial charge < -0.3 is 9.84 Å². The molecule has 0 radical (unpaired) electrons. The lowest BCUT2D eigenvalue weighted by molar-refractivity contribution is -0.283. The van der Waals surface area contributed by atoms with Crippen molar-refractivity contribution in [1.29, 1.82) is 0 Å². The predicted molar refractivity (Wildman–Crippen MR) is 67.1 cm³/mol. The van der Waals surface area contributed by atoms with Crippen LogP contribution in [0, 0.1) is 0 Å². The minimum absolute atomic E-state index is 0.0121. The minimum atomic E-state index is -5.05. The lowest BCUT2D eigenvalue weighted by Gasteiger charge is -2.33. The van der Waals surface area contributed by atoms with Crippen molar-refractivity contribution in [3.8, 4) is 5.75 Å². The number of amides is 1. The van der Waals surface area contributed by atoms with Crippen LogP contribution in [-0.4, -0.2) is 35.0 Å². The number of hydrogen-bond acceptors (Lipinski definition) is 4. The molecule has 8 heteroatoms. The summed E-state index contributed by atoms with van der Waals surface area (Å²) in [5.74, 6) is -0.946. The third-order valence-corrected chi connectivity index (χ3v) is 3.00. The summed E-state index contributed by atoms with van der Waals surface area (Å²) in [5.41, 5.74) is -1.27. The van der Waals surface area contributed by atoms with Crippen LogP contribution < -0.4 is 10.2 Å². The van der Waals surface area contributed by atoms with Gasteiger partial charge in [-0.25, -0.2) is 5.01 Å². The van der Waals surface area contributed by atoms with Crippen molar-refractivity contribution in [3.05, 3.63) is 41.6 Å². The number of methoxy groups -OCH3 is 1. The molecule has 1 atom stereocenters. The van der Waals surface area contributed by atoms with Crippen molar-refractivity contribution in [3.63, 3.8) is 0 Å². The lowest BCUT2D eigenvalue weighted by Crippen LogP contribution is -2.60. The maximum atomic E-state index is 13.1. The van der Waals surface area contributed by atoms with Crippen LogP contribution in [0.15, 0.2) is 36.0 Å². The zero-order valence-electron chi connectivity index (χ0n) is 11.2. The number of hydrogen-bond donors (Lipinski definition) is 2. The molecule has 1 heterocycles. The highest BCUT2D eigenvalue weighted by molar-refractivity contribution is 5.97. The number of alkyl halides is 3. The molecule has 21 heavy (non-hydrogen) atoms. The summed E-state index contributed by atoms with van der Waals surface area (Å²) in [7, 11) is 1.29. The molecule has 114 valence electrons. The molecule has 0 aliphatic carbocycles. The highest BCUT2D eigenvalue weighted by Crippen LogP contribution is 2.38. The van der Waals surface area contributed by atoms with E-state index in [9.17, 15) is 23.1 Å². The summed E-state index contributed by atoms with van der Waals surface area (Å²) in [6.45, 7) is 1.31. The van der Waals surface area contributed by atoms with Crippen molar-refractivity contribution >= 4 is 5.91 Å². The molecule has 1 aliphatic rings. The molecule has 0 bridgehead atoms. The molecule has 1 aliphatic heterocycles. The number of allylic oxidation sites excluding steroid dienone is 1. The van der Waals surface area contributed by atoms with Crippen molar-refractivity contribution in [2.24, 2.45) is 0 Å².